The largest absolute Gasteiger partial charge is 0.463 e. The number of nitrogens with one attached hydrogen (secondary N) is 1. The van der Waals surface area contributed by atoms with E-state index in [9.17, 15) is 4.79 Å². The Morgan fingerprint density at radius 2 is 2.35 bits per heavy atom. The lowest BCUT2D eigenvalue weighted by molar-refractivity contribution is -0.160. The predicted octanol–water partition coefficient (Wildman–Crippen LogP) is 1.73. The zero-order valence-electron chi connectivity index (χ0n) is 11.0. The predicted molar refractivity (Wildman–Crippen MR) is 66.9 cm³/mol. The van der Waals surface area contributed by atoms with Crippen LogP contribution < -0.4 is 5.32 Å². The molecule has 1 fully saturated rings. The molecule has 1 rings (SSSR count). The third-order valence-electron chi connectivity index (χ3n) is 3.20. The third kappa shape index (κ3) is 5.50. The summed E-state index contributed by atoms with van der Waals surface area (Å²) >= 11 is 0. The number of rotatable bonds is 7. The highest BCUT2D eigenvalue weighted by Crippen LogP contribution is 2.13. The molecule has 1 N–H and O–H groups in total. The van der Waals surface area contributed by atoms with Crippen molar-refractivity contribution < 1.29 is 14.3 Å². The summed E-state index contributed by atoms with van der Waals surface area (Å²) in [7, 11) is 0. The first-order valence-corrected chi connectivity index (χ1v) is 6.76. The van der Waals surface area contributed by atoms with E-state index in [2.05, 4.69) is 19.2 Å². The maximum absolute atomic E-state index is 11.7. The molecule has 2 atom stereocenters. The molecule has 100 valence electrons. The van der Waals surface area contributed by atoms with Gasteiger partial charge in [-0.05, 0) is 12.3 Å². The molecule has 17 heavy (non-hydrogen) atoms. The molecule has 0 aliphatic carbocycles. The van der Waals surface area contributed by atoms with Gasteiger partial charge in [-0.25, -0.2) is 4.79 Å². The molecule has 0 radical (unpaired) electrons. The molecule has 4 heteroatoms. The minimum atomic E-state index is -0.410. The summed E-state index contributed by atoms with van der Waals surface area (Å²) in [5.74, 6) is 0.280. The van der Waals surface area contributed by atoms with Crippen LogP contribution in [-0.2, 0) is 14.3 Å². The van der Waals surface area contributed by atoms with Gasteiger partial charge in [0.25, 0.3) is 0 Å². The van der Waals surface area contributed by atoms with Crippen molar-refractivity contribution in [2.45, 2.75) is 45.6 Å². The second-order valence-electron chi connectivity index (χ2n) is 4.61. The average Bonchev–Trinajstić information content (AvgIpc) is 2.39. The molecular formula is C13H25NO3. The van der Waals surface area contributed by atoms with Gasteiger partial charge in [0, 0.05) is 13.1 Å². The zero-order chi connectivity index (χ0) is 12.5. The molecule has 0 bridgehead atoms. The van der Waals surface area contributed by atoms with E-state index in [-0.39, 0.29) is 5.97 Å². The van der Waals surface area contributed by atoms with E-state index >= 15 is 0 Å². The molecule has 1 aliphatic rings. The van der Waals surface area contributed by atoms with Crippen LogP contribution in [0.4, 0.5) is 0 Å². The Morgan fingerprint density at radius 3 is 2.94 bits per heavy atom. The van der Waals surface area contributed by atoms with Crippen molar-refractivity contribution in [2.24, 2.45) is 5.92 Å². The quantitative estimate of drug-likeness (QED) is 0.692. The van der Waals surface area contributed by atoms with Gasteiger partial charge in [-0.15, -0.1) is 0 Å². The normalized spacial score (nSPS) is 22.1. The molecule has 0 aromatic rings. The fraction of sp³-hybridized carbons (Fsp3) is 0.923. The molecule has 0 aromatic heterocycles. The van der Waals surface area contributed by atoms with Crippen molar-refractivity contribution in [3.8, 4) is 0 Å². The Morgan fingerprint density at radius 1 is 1.53 bits per heavy atom. The van der Waals surface area contributed by atoms with E-state index in [1.54, 1.807) is 0 Å². The van der Waals surface area contributed by atoms with Crippen molar-refractivity contribution >= 4 is 5.97 Å². The van der Waals surface area contributed by atoms with Crippen LogP contribution in [0.3, 0.4) is 0 Å². The van der Waals surface area contributed by atoms with Crippen LogP contribution in [0.2, 0.25) is 0 Å². The van der Waals surface area contributed by atoms with Crippen LogP contribution in [0, 0.1) is 5.92 Å². The van der Waals surface area contributed by atoms with Crippen molar-refractivity contribution in [3.05, 3.63) is 0 Å². The van der Waals surface area contributed by atoms with Crippen molar-refractivity contribution in [3.63, 3.8) is 0 Å². The number of hydrogen-bond donors (Lipinski definition) is 1. The Kier molecular flexibility index (Phi) is 7.21. The van der Waals surface area contributed by atoms with Gasteiger partial charge in [-0.3, -0.25) is 0 Å². The van der Waals surface area contributed by atoms with Crippen LogP contribution in [-0.4, -0.2) is 38.4 Å². The topological polar surface area (TPSA) is 47.6 Å². The smallest absolute Gasteiger partial charge is 0.336 e. The Labute approximate surface area is 104 Å². The molecular weight excluding hydrogens is 218 g/mol. The Bertz CT molecular complexity index is 215. The van der Waals surface area contributed by atoms with Crippen LogP contribution >= 0.6 is 0 Å². The second kappa shape index (κ2) is 8.48. The highest BCUT2D eigenvalue weighted by atomic mass is 16.6. The average molecular weight is 243 g/mol. The maximum atomic E-state index is 11.7. The van der Waals surface area contributed by atoms with Gasteiger partial charge >= 0.3 is 5.97 Å². The number of ether oxygens (including phenoxy) is 2. The SMILES string of the molecule is CCCCC(CC)COC(=O)C1CNCCO1. The van der Waals surface area contributed by atoms with Crippen molar-refractivity contribution in [2.75, 3.05) is 26.3 Å². The summed E-state index contributed by atoms with van der Waals surface area (Å²) in [4.78, 5) is 11.7. The third-order valence-corrected chi connectivity index (χ3v) is 3.20. The summed E-state index contributed by atoms with van der Waals surface area (Å²) in [6, 6.07) is 0. The van der Waals surface area contributed by atoms with E-state index in [1.165, 1.54) is 12.8 Å². The number of morpholine rings is 1. The highest BCUT2D eigenvalue weighted by molar-refractivity contribution is 5.75. The van der Waals surface area contributed by atoms with Crippen LogP contribution in [0.5, 0.6) is 0 Å². The Hall–Kier alpha value is -0.610. The van der Waals surface area contributed by atoms with Crippen LogP contribution in [0.25, 0.3) is 0 Å². The monoisotopic (exact) mass is 243 g/mol. The second-order valence-corrected chi connectivity index (χ2v) is 4.61. The minimum Gasteiger partial charge on any atom is -0.463 e. The molecule has 0 spiro atoms. The first kappa shape index (κ1) is 14.5. The summed E-state index contributed by atoms with van der Waals surface area (Å²) < 4.78 is 10.7. The van der Waals surface area contributed by atoms with Gasteiger partial charge in [0.2, 0.25) is 0 Å². The van der Waals surface area contributed by atoms with E-state index in [0.717, 1.165) is 19.4 Å². The fourth-order valence-electron chi connectivity index (χ4n) is 1.91. The summed E-state index contributed by atoms with van der Waals surface area (Å²) in [5, 5.41) is 3.13. The lowest BCUT2D eigenvalue weighted by atomic mass is 10.0. The summed E-state index contributed by atoms with van der Waals surface area (Å²) in [6.07, 6.45) is 4.20. The van der Waals surface area contributed by atoms with Gasteiger partial charge < -0.3 is 14.8 Å². The molecule has 4 nitrogen and oxygen atoms in total. The maximum Gasteiger partial charge on any atom is 0.336 e. The lowest BCUT2D eigenvalue weighted by Gasteiger charge is -2.23. The standard InChI is InChI=1S/C13H25NO3/c1-3-5-6-11(4-2)10-17-13(15)12-9-14-7-8-16-12/h11-12,14H,3-10H2,1-2H3. The van der Waals surface area contributed by atoms with Crippen molar-refractivity contribution in [1.82, 2.24) is 5.32 Å². The van der Waals surface area contributed by atoms with E-state index in [1.807, 2.05) is 0 Å². The molecule has 0 saturated carbocycles. The van der Waals surface area contributed by atoms with Crippen molar-refractivity contribution in [1.29, 1.82) is 0 Å². The first-order chi connectivity index (χ1) is 8.27. The lowest BCUT2D eigenvalue weighted by Crippen LogP contribution is -2.44. The van der Waals surface area contributed by atoms with Gasteiger partial charge in [0.1, 0.15) is 0 Å². The molecule has 0 aromatic carbocycles. The van der Waals surface area contributed by atoms with Crippen LogP contribution in [0.1, 0.15) is 39.5 Å². The number of unbranched alkanes of at least 4 members (excludes halogenated alkanes) is 1. The summed E-state index contributed by atoms with van der Waals surface area (Å²) in [6.45, 7) is 6.84. The molecule has 1 aliphatic heterocycles. The fourth-order valence-corrected chi connectivity index (χ4v) is 1.91. The van der Waals surface area contributed by atoms with E-state index in [4.69, 9.17) is 9.47 Å². The Balaban J connectivity index is 2.20. The highest BCUT2D eigenvalue weighted by Gasteiger charge is 2.23. The minimum absolute atomic E-state index is 0.216. The van der Waals surface area contributed by atoms with Gasteiger partial charge in [-0.1, -0.05) is 33.1 Å². The van der Waals surface area contributed by atoms with Crippen LogP contribution in [0.15, 0.2) is 0 Å². The molecule has 0 amide bonds. The zero-order valence-corrected chi connectivity index (χ0v) is 11.0. The van der Waals surface area contributed by atoms with Gasteiger partial charge in [-0.2, -0.15) is 0 Å². The van der Waals surface area contributed by atoms with E-state index in [0.29, 0.717) is 25.7 Å². The number of carbonyl (C=O) groups is 1. The molecule has 1 heterocycles. The summed E-state index contributed by atoms with van der Waals surface area (Å²) in [5.41, 5.74) is 0. The van der Waals surface area contributed by atoms with Gasteiger partial charge in [0.15, 0.2) is 6.10 Å². The van der Waals surface area contributed by atoms with E-state index < -0.39 is 6.10 Å². The number of hydrogen-bond acceptors (Lipinski definition) is 4. The number of carbonyl (C=O) groups excluding carboxylic acids is 1. The molecule has 2 unspecified atom stereocenters. The first-order valence-electron chi connectivity index (χ1n) is 6.76. The van der Waals surface area contributed by atoms with Gasteiger partial charge in [0.05, 0.1) is 13.2 Å². The number of esters is 1. The molecule has 1 saturated heterocycles.